The molecule has 0 amide bonds. The van der Waals surface area contributed by atoms with Crippen molar-refractivity contribution in [1.29, 1.82) is 5.26 Å². The van der Waals surface area contributed by atoms with Gasteiger partial charge in [-0.2, -0.15) is 5.26 Å². The molecule has 1 heterocycles. The maximum atomic E-state index is 13.0. The predicted octanol–water partition coefficient (Wildman–Crippen LogP) is 4.51. The Bertz CT molecular complexity index is 800. The molecular weight excluding hydrogens is 301 g/mol. The third kappa shape index (κ3) is 3.88. The van der Waals surface area contributed by atoms with Crippen molar-refractivity contribution in [2.75, 3.05) is 0 Å². The molecule has 0 aliphatic rings. The van der Waals surface area contributed by atoms with Gasteiger partial charge in [0.15, 0.2) is 0 Å². The zero-order chi connectivity index (χ0) is 16.8. The smallest absolute Gasteiger partial charge is 0.123 e. The van der Waals surface area contributed by atoms with Gasteiger partial charge >= 0.3 is 0 Å². The topological polar surface area (TPSA) is 41.6 Å². The highest BCUT2D eigenvalue weighted by Crippen LogP contribution is 2.24. The molecule has 3 rings (SSSR count). The number of halogens is 1. The minimum absolute atomic E-state index is 0.181. The van der Waals surface area contributed by atoms with Crippen LogP contribution in [0.1, 0.15) is 35.6 Å². The Morgan fingerprint density at radius 1 is 1.08 bits per heavy atom. The summed E-state index contributed by atoms with van der Waals surface area (Å²) in [5.41, 5.74) is 2.96. The molecule has 0 bridgehead atoms. The van der Waals surface area contributed by atoms with Gasteiger partial charge in [-0.3, -0.25) is 0 Å². The van der Waals surface area contributed by atoms with Crippen LogP contribution in [-0.2, 0) is 6.42 Å². The van der Waals surface area contributed by atoms with E-state index in [0.717, 1.165) is 30.4 Å². The second-order valence-electron chi connectivity index (χ2n) is 5.78. The molecule has 0 N–H and O–H groups in total. The molecule has 0 fully saturated rings. The number of benzene rings is 2. The van der Waals surface area contributed by atoms with Crippen molar-refractivity contribution in [2.24, 2.45) is 0 Å². The van der Waals surface area contributed by atoms with Crippen molar-refractivity contribution in [2.45, 2.75) is 25.3 Å². The van der Waals surface area contributed by atoms with E-state index in [1.165, 1.54) is 12.1 Å². The Morgan fingerprint density at radius 2 is 1.83 bits per heavy atom. The first-order valence-corrected chi connectivity index (χ1v) is 7.98. The fourth-order valence-corrected chi connectivity index (χ4v) is 2.87. The Balaban J connectivity index is 1.71. The fraction of sp³-hybridized carbons (Fsp3) is 0.200. The average molecular weight is 319 g/mol. The molecule has 0 aliphatic heterocycles. The zero-order valence-corrected chi connectivity index (χ0v) is 13.3. The molecule has 0 aliphatic carbocycles. The van der Waals surface area contributed by atoms with Gasteiger partial charge in [0.2, 0.25) is 0 Å². The van der Waals surface area contributed by atoms with Gasteiger partial charge in [-0.05, 0) is 54.7 Å². The van der Waals surface area contributed by atoms with E-state index in [4.69, 9.17) is 5.26 Å². The van der Waals surface area contributed by atoms with Crippen LogP contribution < -0.4 is 0 Å². The summed E-state index contributed by atoms with van der Waals surface area (Å²) in [7, 11) is 0. The van der Waals surface area contributed by atoms with Crippen molar-refractivity contribution < 1.29 is 4.39 Å². The van der Waals surface area contributed by atoms with E-state index in [9.17, 15) is 4.39 Å². The molecule has 2 aromatic carbocycles. The van der Waals surface area contributed by atoms with Crippen LogP contribution in [0.3, 0.4) is 0 Å². The highest BCUT2D eigenvalue weighted by atomic mass is 19.1. The lowest BCUT2D eigenvalue weighted by Crippen LogP contribution is -2.09. The lowest BCUT2D eigenvalue weighted by Gasteiger charge is -2.19. The largest absolute Gasteiger partial charge is 0.330 e. The fourth-order valence-electron chi connectivity index (χ4n) is 2.87. The first-order chi connectivity index (χ1) is 11.8. The van der Waals surface area contributed by atoms with Crippen molar-refractivity contribution in [1.82, 2.24) is 9.55 Å². The first kappa shape index (κ1) is 15.9. The number of imidazole rings is 1. The number of hydrogen-bond acceptors (Lipinski definition) is 2. The third-order valence-electron chi connectivity index (χ3n) is 4.17. The molecule has 3 nitrogen and oxygen atoms in total. The predicted molar refractivity (Wildman–Crippen MR) is 90.9 cm³/mol. The SMILES string of the molecule is N#Cc1ccc(C(CCCc2ccc(F)cc2)n2ccnc2)cc1. The molecule has 1 unspecified atom stereocenters. The van der Waals surface area contributed by atoms with Gasteiger partial charge in [0.05, 0.1) is 24.0 Å². The number of nitrogens with zero attached hydrogens (tertiary/aromatic N) is 3. The van der Waals surface area contributed by atoms with E-state index in [0.29, 0.717) is 5.56 Å². The van der Waals surface area contributed by atoms with E-state index in [1.807, 2.05) is 48.9 Å². The summed E-state index contributed by atoms with van der Waals surface area (Å²) in [4.78, 5) is 4.15. The van der Waals surface area contributed by atoms with Crippen LogP contribution in [0.2, 0.25) is 0 Å². The van der Waals surface area contributed by atoms with Crippen LogP contribution in [0.15, 0.2) is 67.3 Å². The van der Waals surface area contributed by atoms with Crippen molar-refractivity contribution in [3.8, 4) is 6.07 Å². The molecular formula is C20H18FN3. The molecule has 4 heteroatoms. The normalized spacial score (nSPS) is 11.8. The van der Waals surface area contributed by atoms with Gasteiger partial charge in [0.1, 0.15) is 5.82 Å². The van der Waals surface area contributed by atoms with E-state index in [-0.39, 0.29) is 11.9 Å². The summed E-state index contributed by atoms with van der Waals surface area (Å²) < 4.78 is 15.1. The Morgan fingerprint density at radius 3 is 2.46 bits per heavy atom. The van der Waals surface area contributed by atoms with Crippen LogP contribution in [0.4, 0.5) is 4.39 Å². The molecule has 0 radical (unpaired) electrons. The summed E-state index contributed by atoms with van der Waals surface area (Å²) in [6.07, 6.45) is 8.38. The summed E-state index contributed by atoms with van der Waals surface area (Å²) >= 11 is 0. The van der Waals surface area contributed by atoms with E-state index in [2.05, 4.69) is 15.6 Å². The molecule has 0 saturated heterocycles. The van der Waals surface area contributed by atoms with Gasteiger partial charge < -0.3 is 4.57 Å². The highest BCUT2D eigenvalue weighted by molar-refractivity contribution is 5.33. The summed E-state index contributed by atoms with van der Waals surface area (Å²) in [6, 6.07) is 16.7. The zero-order valence-electron chi connectivity index (χ0n) is 13.3. The van der Waals surface area contributed by atoms with Crippen molar-refractivity contribution >= 4 is 0 Å². The average Bonchev–Trinajstić information content (AvgIpc) is 3.15. The summed E-state index contributed by atoms with van der Waals surface area (Å²) in [5.74, 6) is -0.201. The number of nitriles is 1. The van der Waals surface area contributed by atoms with Crippen LogP contribution >= 0.6 is 0 Å². The van der Waals surface area contributed by atoms with Crippen LogP contribution in [0, 0.1) is 17.1 Å². The van der Waals surface area contributed by atoms with Crippen LogP contribution in [0.25, 0.3) is 0 Å². The summed E-state index contributed by atoms with van der Waals surface area (Å²) in [6.45, 7) is 0. The number of rotatable bonds is 6. The molecule has 0 saturated carbocycles. The second-order valence-corrected chi connectivity index (χ2v) is 5.78. The molecule has 120 valence electrons. The Kier molecular flexibility index (Phi) is 5.02. The van der Waals surface area contributed by atoms with Crippen molar-refractivity contribution in [3.05, 3.63) is 89.8 Å². The minimum atomic E-state index is -0.201. The summed E-state index contributed by atoms with van der Waals surface area (Å²) in [5, 5.41) is 8.95. The van der Waals surface area contributed by atoms with E-state index >= 15 is 0 Å². The third-order valence-corrected chi connectivity index (χ3v) is 4.17. The van der Waals surface area contributed by atoms with E-state index in [1.54, 1.807) is 6.20 Å². The van der Waals surface area contributed by atoms with Gasteiger partial charge in [0, 0.05) is 12.4 Å². The van der Waals surface area contributed by atoms with Crippen LogP contribution in [-0.4, -0.2) is 9.55 Å². The first-order valence-electron chi connectivity index (χ1n) is 7.98. The number of aryl methyl sites for hydroxylation is 1. The van der Waals surface area contributed by atoms with Crippen LogP contribution in [0.5, 0.6) is 0 Å². The monoisotopic (exact) mass is 319 g/mol. The van der Waals surface area contributed by atoms with E-state index < -0.39 is 0 Å². The lowest BCUT2D eigenvalue weighted by atomic mass is 9.98. The minimum Gasteiger partial charge on any atom is -0.330 e. The maximum absolute atomic E-state index is 13.0. The van der Waals surface area contributed by atoms with Gasteiger partial charge in [-0.1, -0.05) is 24.3 Å². The maximum Gasteiger partial charge on any atom is 0.123 e. The number of hydrogen-bond donors (Lipinski definition) is 0. The Labute approximate surface area is 141 Å². The Hall–Kier alpha value is -2.93. The van der Waals surface area contributed by atoms with Gasteiger partial charge in [-0.15, -0.1) is 0 Å². The van der Waals surface area contributed by atoms with Gasteiger partial charge in [-0.25, -0.2) is 9.37 Å². The molecule has 24 heavy (non-hydrogen) atoms. The standard InChI is InChI=1S/C20H18FN3/c21-19-10-6-16(7-11-19)2-1-3-20(24-13-12-23-15-24)18-8-4-17(14-22)5-9-18/h4-13,15,20H,1-3H2. The number of aromatic nitrogens is 2. The molecule has 3 aromatic rings. The van der Waals surface area contributed by atoms with Gasteiger partial charge in [0.25, 0.3) is 0 Å². The highest BCUT2D eigenvalue weighted by Gasteiger charge is 2.13. The lowest BCUT2D eigenvalue weighted by molar-refractivity contribution is 0.519. The second kappa shape index (κ2) is 7.56. The quantitative estimate of drug-likeness (QED) is 0.671. The molecule has 1 aromatic heterocycles. The molecule has 1 atom stereocenters. The van der Waals surface area contributed by atoms with Crippen molar-refractivity contribution in [3.63, 3.8) is 0 Å². The molecule has 0 spiro atoms.